The molecular formula is C28H32FN5O4. The van der Waals surface area contributed by atoms with Crippen molar-refractivity contribution >= 4 is 29.0 Å². The highest BCUT2D eigenvalue weighted by atomic mass is 19.1. The van der Waals surface area contributed by atoms with Crippen molar-refractivity contribution in [1.29, 1.82) is 0 Å². The fraction of sp³-hybridized carbons (Fsp3) is 0.321. The van der Waals surface area contributed by atoms with Crippen molar-refractivity contribution in [2.24, 2.45) is 10.9 Å². The van der Waals surface area contributed by atoms with Crippen molar-refractivity contribution in [2.75, 3.05) is 23.8 Å². The maximum Gasteiger partial charge on any atom is 0.323 e. The topological polar surface area (TPSA) is 124 Å². The Morgan fingerprint density at radius 3 is 2.71 bits per heavy atom. The normalized spacial score (nSPS) is 20.2. The van der Waals surface area contributed by atoms with Crippen LogP contribution in [0, 0.1) is 11.7 Å². The molecule has 2 heterocycles. The van der Waals surface area contributed by atoms with Gasteiger partial charge in [0.2, 0.25) is 5.91 Å². The van der Waals surface area contributed by atoms with E-state index in [2.05, 4.69) is 26.3 Å². The molecule has 10 heteroatoms. The molecule has 0 bridgehead atoms. The second kappa shape index (κ2) is 12.4. The number of nitrogens with zero attached hydrogens (tertiary/aromatic N) is 1. The molecule has 38 heavy (non-hydrogen) atoms. The lowest BCUT2D eigenvalue weighted by molar-refractivity contribution is -0.118. The standard InChI is InChI=1S/C28H32FN5O4/c1-3-18-4-9-23(29)24(14-18)34-28(37)33-19-5-7-20(8-6-19)38-21-10-11-30-25(15-21)26-17(2)22(16-32-26)27(36)31-12-13-35/h4-11,14,16-17,21,26,32,35H,3,12-13,15H2,1-2H3,(H,31,36)(H2,33,34,37). The average molecular weight is 522 g/mol. The Hall–Kier alpha value is -4.18. The summed E-state index contributed by atoms with van der Waals surface area (Å²) in [6.07, 6.45) is 6.30. The molecule has 0 saturated heterocycles. The van der Waals surface area contributed by atoms with Gasteiger partial charge in [0, 0.05) is 48.3 Å². The van der Waals surface area contributed by atoms with Crippen LogP contribution in [-0.2, 0) is 11.2 Å². The zero-order valence-corrected chi connectivity index (χ0v) is 21.3. The zero-order valence-electron chi connectivity index (χ0n) is 21.3. The molecule has 3 unspecified atom stereocenters. The maximum atomic E-state index is 14.0. The molecule has 0 saturated carbocycles. The number of urea groups is 1. The van der Waals surface area contributed by atoms with E-state index >= 15 is 0 Å². The predicted octanol–water partition coefficient (Wildman–Crippen LogP) is 3.74. The van der Waals surface area contributed by atoms with E-state index in [1.165, 1.54) is 6.07 Å². The van der Waals surface area contributed by atoms with Gasteiger partial charge >= 0.3 is 6.03 Å². The molecule has 2 aliphatic heterocycles. The Kier molecular flexibility index (Phi) is 8.75. The van der Waals surface area contributed by atoms with Crippen LogP contribution in [0.4, 0.5) is 20.6 Å². The van der Waals surface area contributed by atoms with Crippen LogP contribution in [0.2, 0.25) is 0 Å². The van der Waals surface area contributed by atoms with E-state index in [1.807, 2.05) is 19.9 Å². The number of anilines is 2. The van der Waals surface area contributed by atoms with Crippen LogP contribution in [0.3, 0.4) is 0 Å². The van der Waals surface area contributed by atoms with E-state index < -0.39 is 11.8 Å². The monoisotopic (exact) mass is 521 g/mol. The van der Waals surface area contributed by atoms with Crippen molar-refractivity contribution in [3.63, 3.8) is 0 Å². The first-order valence-electron chi connectivity index (χ1n) is 12.6. The van der Waals surface area contributed by atoms with E-state index in [1.54, 1.807) is 48.8 Å². The molecule has 0 fully saturated rings. The highest BCUT2D eigenvalue weighted by Gasteiger charge is 2.34. The Morgan fingerprint density at radius 2 is 1.97 bits per heavy atom. The summed E-state index contributed by atoms with van der Waals surface area (Å²) in [7, 11) is 0. The number of aliphatic imine (C=N–C) groups is 1. The summed E-state index contributed by atoms with van der Waals surface area (Å²) < 4.78 is 20.1. The summed E-state index contributed by atoms with van der Waals surface area (Å²) in [6.45, 7) is 4.01. The number of ether oxygens (including phenoxy) is 1. The van der Waals surface area contributed by atoms with Gasteiger partial charge in [-0.15, -0.1) is 0 Å². The summed E-state index contributed by atoms with van der Waals surface area (Å²) in [6, 6.07) is 10.9. The van der Waals surface area contributed by atoms with Crippen molar-refractivity contribution in [3.05, 3.63) is 77.9 Å². The van der Waals surface area contributed by atoms with Crippen LogP contribution >= 0.6 is 0 Å². The van der Waals surface area contributed by atoms with Crippen molar-refractivity contribution in [1.82, 2.24) is 10.6 Å². The minimum absolute atomic E-state index is 0.0889. The summed E-state index contributed by atoms with van der Waals surface area (Å²) in [5, 5.41) is 20.1. The number of benzene rings is 2. The molecule has 0 aliphatic carbocycles. The number of halogens is 1. The number of amides is 3. The van der Waals surface area contributed by atoms with Crippen molar-refractivity contribution < 1.29 is 23.8 Å². The lowest BCUT2D eigenvalue weighted by atomic mass is 9.90. The molecule has 2 aromatic rings. The first-order chi connectivity index (χ1) is 18.4. The molecule has 0 radical (unpaired) electrons. The van der Waals surface area contributed by atoms with Crippen LogP contribution in [0.15, 0.2) is 71.5 Å². The molecule has 200 valence electrons. The van der Waals surface area contributed by atoms with E-state index in [-0.39, 0.29) is 42.8 Å². The van der Waals surface area contributed by atoms with Crippen LogP contribution < -0.4 is 26.0 Å². The van der Waals surface area contributed by atoms with E-state index in [0.717, 1.165) is 17.7 Å². The number of aliphatic hydroxyl groups is 1. The van der Waals surface area contributed by atoms with Crippen LogP contribution in [0.1, 0.15) is 25.8 Å². The van der Waals surface area contributed by atoms with Crippen LogP contribution in [0.5, 0.6) is 5.75 Å². The largest absolute Gasteiger partial charge is 0.486 e. The third-order valence-corrected chi connectivity index (χ3v) is 6.47. The number of nitrogens with one attached hydrogen (secondary N) is 4. The Balaban J connectivity index is 1.29. The number of hydrogen-bond donors (Lipinski definition) is 5. The Labute approximate surface area is 220 Å². The summed E-state index contributed by atoms with van der Waals surface area (Å²) >= 11 is 0. The van der Waals surface area contributed by atoms with Gasteiger partial charge in [0.1, 0.15) is 17.7 Å². The van der Waals surface area contributed by atoms with Crippen LogP contribution in [-0.4, -0.2) is 48.1 Å². The van der Waals surface area contributed by atoms with E-state index in [0.29, 0.717) is 23.4 Å². The highest BCUT2D eigenvalue weighted by Crippen LogP contribution is 2.26. The predicted molar refractivity (Wildman–Crippen MR) is 145 cm³/mol. The number of carbonyl (C=O) groups excluding carboxylic acids is 2. The number of aryl methyl sites for hydroxylation is 1. The van der Waals surface area contributed by atoms with Gasteiger partial charge in [-0.2, -0.15) is 0 Å². The molecule has 5 N–H and O–H groups in total. The smallest absolute Gasteiger partial charge is 0.323 e. The minimum atomic E-state index is -0.543. The third-order valence-electron chi connectivity index (χ3n) is 6.47. The van der Waals surface area contributed by atoms with Gasteiger partial charge in [0.15, 0.2) is 0 Å². The maximum absolute atomic E-state index is 14.0. The molecule has 2 aromatic carbocycles. The molecule has 3 amide bonds. The summed E-state index contributed by atoms with van der Waals surface area (Å²) in [5.74, 6) is -0.177. The number of carbonyl (C=O) groups is 2. The lowest BCUT2D eigenvalue weighted by Crippen LogP contribution is -2.39. The van der Waals surface area contributed by atoms with Gasteiger partial charge < -0.3 is 31.1 Å². The second-order valence-electron chi connectivity index (χ2n) is 9.11. The number of aliphatic hydroxyl groups excluding tert-OH is 1. The fourth-order valence-electron chi connectivity index (χ4n) is 4.38. The van der Waals surface area contributed by atoms with E-state index in [9.17, 15) is 14.0 Å². The minimum Gasteiger partial charge on any atom is -0.486 e. The fourth-order valence-corrected chi connectivity index (χ4v) is 4.38. The molecule has 9 nitrogen and oxygen atoms in total. The van der Waals surface area contributed by atoms with Gasteiger partial charge in [-0.05, 0) is 54.5 Å². The third kappa shape index (κ3) is 6.57. The lowest BCUT2D eigenvalue weighted by Gasteiger charge is -2.25. The van der Waals surface area contributed by atoms with Gasteiger partial charge in [0.25, 0.3) is 0 Å². The summed E-state index contributed by atoms with van der Waals surface area (Å²) in [4.78, 5) is 29.2. The first-order valence-corrected chi connectivity index (χ1v) is 12.6. The zero-order chi connectivity index (χ0) is 27.1. The molecule has 2 aliphatic rings. The van der Waals surface area contributed by atoms with Crippen molar-refractivity contribution in [3.8, 4) is 5.75 Å². The van der Waals surface area contributed by atoms with Crippen molar-refractivity contribution in [2.45, 2.75) is 38.8 Å². The molecule has 0 aromatic heterocycles. The van der Waals surface area contributed by atoms with E-state index in [4.69, 9.17) is 9.84 Å². The van der Waals surface area contributed by atoms with Gasteiger partial charge in [-0.3, -0.25) is 9.79 Å². The second-order valence-corrected chi connectivity index (χ2v) is 9.11. The molecular weight excluding hydrogens is 489 g/mol. The quantitative estimate of drug-likeness (QED) is 0.344. The molecule has 3 atom stereocenters. The van der Waals surface area contributed by atoms with Gasteiger partial charge in [-0.1, -0.05) is 19.9 Å². The first kappa shape index (κ1) is 26.9. The van der Waals surface area contributed by atoms with Crippen LogP contribution in [0.25, 0.3) is 0 Å². The average Bonchev–Trinajstić information content (AvgIpc) is 3.31. The summed E-state index contributed by atoms with van der Waals surface area (Å²) in [5.41, 5.74) is 3.08. The van der Waals surface area contributed by atoms with Gasteiger partial charge in [-0.25, -0.2) is 9.18 Å². The van der Waals surface area contributed by atoms with Gasteiger partial charge in [0.05, 0.1) is 18.3 Å². The highest BCUT2D eigenvalue weighted by molar-refractivity contribution is 6.00. The Morgan fingerprint density at radius 1 is 1.18 bits per heavy atom. The number of rotatable bonds is 9. The molecule has 4 rings (SSSR count). The number of hydrogen-bond acceptors (Lipinski definition) is 6. The molecule has 0 spiro atoms. The Bertz CT molecular complexity index is 1260. The SMILES string of the molecule is CCc1ccc(F)c(NC(=O)Nc2ccc(OC3C=CN=C(C4NC=C(C(=O)NCCO)C4C)C3)cc2)c1.